The number of nitrogens with zero attached hydrogens (tertiary/aromatic N) is 1. The molecule has 0 saturated heterocycles. The molecule has 3 N–H and O–H groups in total. The first-order chi connectivity index (χ1) is 25.9. The summed E-state index contributed by atoms with van der Waals surface area (Å²) in [7, 11) is 0. The van der Waals surface area contributed by atoms with Gasteiger partial charge in [-0.1, -0.05) is 97.1 Å². The van der Waals surface area contributed by atoms with Crippen LogP contribution in [0.5, 0.6) is 0 Å². The Morgan fingerprint density at radius 3 is 2.36 bits per heavy atom. The van der Waals surface area contributed by atoms with Crippen molar-refractivity contribution in [3.63, 3.8) is 0 Å². The summed E-state index contributed by atoms with van der Waals surface area (Å²) in [5.74, 6) is -1.68. The van der Waals surface area contributed by atoms with Gasteiger partial charge in [0.1, 0.15) is 13.2 Å². The predicted molar refractivity (Wildman–Crippen MR) is 202 cm³/mol. The number of rotatable bonds is 12. The fourth-order valence-corrected chi connectivity index (χ4v) is 7.01. The number of cyclic esters (lactones) is 1. The van der Waals surface area contributed by atoms with Gasteiger partial charge in [0.15, 0.2) is 0 Å². The molecule has 282 valence electrons. The lowest BCUT2D eigenvalue weighted by molar-refractivity contribution is -0.150. The summed E-state index contributed by atoms with van der Waals surface area (Å²) in [4.78, 5) is 55.1. The monoisotopic (exact) mass is 723 g/mol. The van der Waals surface area contributed by atoms with Gasteiger partial charge in [0.2, 0.25) is 11.8 Å². The van der Waals surface area contributed by atoms with Crippen LogP contribution < -0.4 is 10.6 Å². The van der Waals surface area contributed by atoms with E-state index >= 15 is 0 Å². The van der Waals surface area contributed by atoms with Gasteiger partial charge in [-0.05, 0) is 80.0 Å². The Morgan fingerprint density at radius 2 is 1.60 bits per heavy atom. The van der Waals surface area contributed by atoms with E-state index in [0.29, 0.717) is 58.0 Å². The second kappa shape index (κ2) is 20.9. The molecule has 0 saturated carbocycles. The Labute approximate surface area is 312 Å². The molecule has 0 spiro atoms. The molecule has 2 aliphatic heterocycles. The summed E-state index contributed by atoms with van der Waals surface area (Å²) in [5.41, 5.74) is 4.14. The van der Waals surface area contributed by atoms with Crippen LogP contribution in [-0.4, -0.2) is 65.7 Å². The van der Waals surface area contributed by atoms with Crippen molar-refractivity contribution >= 4 is 23.9 Å². The number of hydrogen-bond donors (Lipinski definition) is 3. The predicted octanol–water partition coefficient (Wildman–Crippen LogP) is 6.05. The van der Waals surface area contributed by atoms with E-state index in [-0.39, 0.29) is 56.0 Å². The van der Waals surface area contributed by atoms with Gasteiger partial charge in [-0.15, -0.1) is 0 Å². The van der Waals surface area contributed by atoms with Crippen LogP contribution in [-0.2, 0) is 49.9 Å². The summed E-state index contributed by atoms with van der Waals surface area (Å²) in [6, 6.07) is 26.5. The molecule has 3 aromatic rings. The van der Waals surface area contributed by atoms with Crippen LogP contribution in [0.1, 0.15) is 73.6 Å². The molecule has 0 fully saturated rings. The van der Waals surface area contributed by atoms with Crippen molar-refractivity contribution in [3.05, 3.63) is 119 Å². The van der Waals surface area contributed by atoms with E-state index in [0.717, 1.165) is 35.1 Å². The molecule has 2 heterocycles. The van der Waals surface area contributed by atoms with Crippen molar-refractivity contribution in [1.29, 1.82) is 0 Å². The van der Waals surface area contributed by atoms with E-state index in [9.17, 15) is 24.3 Å². The van der Waals surface area contributed by atoms with E-state index in [2.05, 4.69) is 10.6 Å². The maximum Gasteiger partial charge on any atom is 0.407 e. The number of esters is 1. The van der Waals surface area contributed by atoms with Crippen LogP contribution in [0.2, 0.25) is 0 Å². The number of hydrogen-bond acceptors (Lipinski definition) is 7. The summed E-state index contributed by atoms with van der Waals surface area (Å²) < 4.78 is 11.2. The Kier molecular flexibility index (Phi) is 15.5. The highest BCUT2D eigenvalue weighted by atomic mass is 16.5. The van der Waals surface area contributed by atoms with E-state index in [1.807, 2.05) is 97.1 Å². The van der Waals surface area contributed by atoms with Gasteiger partial charge >= 0.3 is 12.1 Å². The van der Waals surface area contributed by atoms with E-state index in [1.54, 1.807) is 4.90 Å². The first-order valence-electron chi connectivity index (χ1n) is 19.0. The smallest absolute Gasteiger partial charge is 0.407 e. The minimum atomic E-state index is -0.636. The number of allylic oxidation sites excluding steroid dienone is 2. The molecule has 3 amide bonds. The minimum Gasteiger partial charge on any atom is -0.463 e. The number of fused-ring (bicyclic) bond motifs is 1. The van der Waals surface area contributed by atoms with Gasteiger partial charge in [0.25, 0.3) is 0 Å². The normalized spacial score (nSPS) is 21.0. The number of carbonyl (C=O) groups excluding carboxylic acids is 4. The maximum atomic E-state index is 13.9. The van der Waals surface area contributed by atoms with Crippen molar-refractivity contribution < 1.29 is 33.8 Å². The Morgan fingerprint density at radius 1 is 0.887 bits per heavy atom. The van der Waals surface area contributed by atoms with Gasteiger partial charge in [-0.25, -0.2) is 4.79 Å². The average molecular weight is 724 g/mol. The SMILES string of the molecule is O=C(NCCCCC1COC(=O)C(Cc2ccccc2)CCCC=CCC(CC(=O)N2Cc3ccccc3CC2CO)C(=O)N1)OCc1ccccc1. The molecule has 0 bridgehead atoms. The molecule has 5 rings (SSSR count). The number of nitrogens with one attached hydrogen (secondary N) is 2. The first kappa shape index (κ1) is 39.3. The maximum absolute atomic E-state index is 13.9. The topological polar surface area (TPSA) is 134 Å². The molecule has 0 aliphatic carbocycles. The van der Waals surface area contributed by atoms with Gasteiger partial charge in [0.05, 0.1) is 30.5 Å². The fourth-order valence-electron chi connectivity index (χ4n) is 7.01. The highest BCUT2D eigenvalue weighted by Crippen LogP contribution is 2.26. The van der Waals surface area contributed by atoms with Gasteiger partial charge in [0, 0.05) is 19.5 Å². The van der Waals surface area contributed by atoms with Crippen molar-refractivity contribution in [3.8, 4) is 0 Å². The van der Waals surface area contributed by atoms with E-state index in [1.165, 1.54) is 0 Å². The standard InChI is InChI=1S/C43H53N3O7/c47-29-39-26-34-19-11-12-22-37(34)28-46(39)40(48)27-35-20-9-1-2-10-21-36(25-32-15-5-3-6-16-32)42(50)52-31-38(45-41(35)49)23-13-14-24-44-43(51)53-30-33-17-7-4-8-18-33/h1,3-9,11-12,15-19,22,35-36,38-39,47H,2,10,13-14,20-21,23-31H2,(H,44,51)(H,45,49). The highest BCUT2D eigenvalue weighted by Gasteiger charge is 2.33. The molecular weight excluding hydrogens is 670 g/mol. The van der Waals surface area contributed by atoms with Crippen LogP contribution in [0.15, 0.2) is 97.1 Å². The van der Waals surface area contributed by atoms with Crippen LogP contribution in [0, 0.1) is 11.8 Å². The van der Waals surface area contributed by atoms with Crippen LogP contribution in [0.25, 0.3) is 0 Å². The number of ether oxygens (including phenoxy) is 2. The van der Waals surface area contributed by atoms with Crippen molar-refractivity contribution in [2.24, 2.45) is 11.8 Å². The number of alkyl carbamates (subject to hydrolysis) is 1. The van der Waals surface area contributed by atoms with Crippen LogP contribution >= 0.6 is 0 Å². The lowest BCUT2D eigenvalue weighted by Crippen LogP contribution is -2.48. The number of amides is 3. The van der Waals surface area contributed by atoms with E-state index < -0.39 is 18.1 Å². The molecule has 0 aromatic heterocycles. The number of aliphatic hydroxyl groups is 1. The third kappa shape index (κ3) is 12.6. The van der Waals surface area contributed by atoms with Crippen LogP contribution in [0.4, 0.5) is 4.79 Å². The Balaban J connectivity index is 1.22. The third-order valence-corrected chi connectivity index (χ3v) is 10.1. The highest BCUT2D eigenvalue weighted by molar-refractivity contribution is 5.86. The average Bonchev–Trinajstić information content (AvgIpc) is 3.18. The molecule has 53 heavy (non-hydrogen) atoms. The van der Waals surface area contributed by atoms with E-state index in [4.69, 9.17) is 9.47 Å². The fraction of sp³-hybridized carbons (Fsp3) is 0.442. The molecule has 4 unspecified atom stereocenters. The third-order valence-electron chi connectivity index (χ3n) is 10.1. The summed E-state index contributed by atoms with van der Waals surface area (Å²) in [6.45, 7) is 0.812. The molecule has 2 aliphatic rings. The summed E-state index contributed by atoms with van der Waals surface area (Å²) >= 11 is 0. The Hall–Kier alpha value is -4.96. The first-order valence-corrected chi connectivity index (χ1v) is 19.0. The lowest BCUT2D eigenvalue weighted by atomic mass is 9.92. The quantitative estimate of drug-likeness (QED) is 0.118. The number of unbranched alkanes of at least 4 members (excludes halogenated alkanes) is 1. The van der Waals surface area contributed by atoms with Gasteiger partial charge in [-0.3, -0.25) is 14.4 Å². The largest absolute Gasteiger partial charge is 0.463 e. The van der Waals surface area contributed by atoms with Crippen LogP contribution in [0.3, 0.4) is 0 Å². The Bertz CT molecular complexity index is 1650. The molecule has 10 heteroatoms. The van der Waals surface area contributed by atoms with Crippen molar-refractivity contribution in [1.82, 2.24) is 15.5 Å². The minimum absolute atomic E-state index is 0.00445. The van der Waals surface area contributed by atoms with Gasteiger partial charge in [-0.2, -0.15) is 0 Å². The number of carbonyl (C=O) groups is 4. The zero-order chi connectivity index (χ0) is 37.3. The summed E-state index contributed by atoms with van der Waals surface area (Å²) in [6.07, 6.45) is 9.00. The molecule has 4 atom stereocenters. The zero-order valence-electron chi connectivity index (χ0n) is 30.5. The number of aliphatic hydroxyl groups excluding tert-OH is 1. The lowest BCUT2D eigenvalue weighted by Gasteiger charge is -2.36. The second-order valence-electron chi connectivity index (χ2n) is 14.1. The second-order valence-corrected chi connectivity index (χ2v) is 14.1. The number of benzene rings is 3. The molecular formula is C43H53N3O7. The summed E-state index contributed by atoms with van der Waals surface area (Å²) in [5, 5.41) is 16.1. The van der Waals surface area contributed by atoms with Gasteiger partial charge < -0.3 is 30.1 Å². The molecule has 10 nitrogen and oxygen atoms in total. The molecule has 0 radical (unpaired) electrons. The van der Waals surface area contributed by atoms with Crippen molar-refractivity contribution in [2.75, 3.05) is 19.8 Å². The van der Waals surface area contributed by atoms with Crippen molar-refractivity contribution in [2.45, 2.75) is 89.4 Å². The zero-order valence-corrected chi connectivity index (χ0v) is 30.5. The molecule has 3 aromatic carbocycles.